The monoisotopic (exact) mass is 371 g/mol. The third kappa shape index (κ3) is 4.21. The quantitative estimate of drug-likeness (QED) is 0.864. The molecule has 2 fully saturated rings. The second kappa shape index (κ2) is 8.21. The van der Waals surface area contributed by atoms with Crippen LogP contribution in [0.1, 0.15) is 61.7 Å². The molecular weight excluding hydrogens is 345 g/mol. The van der Waals surface area contributed by atoms with E-state index in [1.807, 2.05) is 0 Å². The van der Waals surface area contributed by atoms with Crippen LogP contribution in [0.15, 0.2) is 36.7 Å². The van der Waals surface area contributed by atoms with Gasteiger partial charge in [-0.15, -0.1) is 0 Å². The first-order valence-electron chi connectivity index (χ1n) is 9.96. The fourth-order valence-electron chi connectivity index (χ4n) is 4.16. The molecule has 0 unspecified atom stereocenters. The molecule has 2 saturated carbocycles. The van der Waals surface area contributed by atoms with Gasteiger partial charge in [0.2, 0.25) is 0 Å². The smallest absolute Gasteiger partial charge is 0.254 e. The van der Waals surface area contributed by atoms with Crippen molar-refractivity contribution in [3.05, 3.63) is 48.0 Å². The number of ether oxygens (including phenoxy) is 1. The Morgan fingerprint density at radius 2 is 1.85 bits per heavy atom. The molecule has 0 bridgehead atoms. The third-order valence-corrected chi connectivity index (χ3v) is 5.63. The minimum Gasteiger partial charge on any atom is -0.373 e. The van der Waals surface area contributed by atoms with E-state index in [4.69, 9.17) is 4.74 Å². The maximum absolute atomic E-state index is 13.9. The van der Waals surface area contributed by atoms with Crippen molar-refractivity contribution in [2.45, 2.75) is 69.6 Å². The third-order valence-electron chi connectivity index (χ3n) is 5.63. The Kier molecular flexibility index (Phi) is 5.53. The fraction of sp³-hybridized carbons (Fsp3) is 0.524. The summed E-state index contributed by atoms with van der Waals surface area (Å²) in [5.74, 6) is -0.547. The predicted molar refractivity (Wildman–Crippen MR) is 100 cm³/mol. The van der Waals surface area contributed by atoms with Crippen molar-refractivity contribution in [1.29, 1.82) is 0 Å². The summed E-state index contributed by atoms with van der Waals surface area (Å²) in [6.07, 6.45) is 12.4. The van der Waals surface area contributed by atoms with E-state index in [1.165, 1.54) is 29.8 Å². The highest BCUT2D eigenvalue weighted by atomic mass is 19.1. The van der Waals surface area contributed by atoms with E-state index in [9.17, 15) is 9.18 Å². The highest BCUT2D eigenvalue weighted by Gasteiger charge is 2.31. The normalized spacial score (nSPS) is 23.4. The molecule has 1 aromatic carbocycles. The van der Waals surface area contributed by atoms with Crippen LogP contribution in [0.3, 0.4) is 0 Å². The van der Waals surface area contributed by atoms with Crippen LogP contribution in [0.5, 0.6) is 0 Å². The van der Waals surface area contributed by atoms with Gasteiger partial charge in [-0.3, -0.25) is 4.79 Å². The minimum atomic E-state index is -0.370. The lowest BCUT2D eigenvalue weighted by atomic mass is 9.92. The summed E-state index contributed by atoms with van der Waals surface area (Å²) in [6.45, 7) is 0. The van der Waals surface area contributed by atoms with Crippen molar-refractivity contribution >= 4 is 5.91 Å². The highest BCUT2D eigenvalue weighted by Crippen LogP contribution is 2.28. The summed E-state index contributed by atoms with van der Waals surface area (Å²) < 4.78 is 21.6. The van der Waals surface area contributed by atoms with Crippen molar-refractivity contribution in [3.63, 3.8) is 0 Å². The van der Waals surface area contributed by atoms with Gasteiger partial charge in [0.15, 0.2) is 0 Å². The van der Waals surface area contributed by atoms with E-state index in [2.05, 4.69) is 10.4 Å². The molecule has 5 nitrogen and oxygen atoms in total. The number of aromatic nitrogens is 2. The highest BCUT2D eigenvalue weighted by molar-refractivity contribution is 5.94. The van der Waals surface area contributed by atoms with Crippen LogP contribution in [0.2, 0.25) is 0 Å². The molecule has 0 radical (unpaired) electrons. The zero-order chi connectivity index (χ0) is 18.6. The number of hydrogen-bond acceptors (Lipinski definition) is 3. The average Bonchev–Trinajstić information content (AvgIpc) is 3.36. The molecule has 2 aliphatic carbocycles. The first kappa shape index (κ1) is 18.2. The molecule has 27 heavy (non-hydrogen) atoms. The topological polar surface area (TPSA) is 56.1 Å². The van der Waals surface area contributed by atoms with Gasteiger partial charge in [-0.05, 0) is 37.8 Å². The van der Waals surface area contributed by atoms with Crippen LogP contribution >= 0.6 is 0 Å². The largest absolute Gasteiger partial charge is 0.373 e. The number of carbonyl (C=O) groups excluding carboxylic acids is 1. The molecule has 1 N–H and O–H groups in total. The molecule has 0 saturated heterocycles. The molecule has 1 aromatic heterocycles. The van der Waals surface area contributed by atoms with Crippen molar-refractivity contribution in [2.24, 2.45) is 0 Å². The summed E-state index contributed by atoms with van der Waals surface area (Å²) in [5.41, 5.74) is 0.764. The van der Waals surface area contributed by atoms with Gasteiger partial charge >= 0.3 is 0 Å². The molecule has 144 valence electrons. The Labute approximate surface area is 158 Å². The van der Waals surface area contributed by atoms with Crippen molar-refractivity contribution in [1.82, 2.24) is 15.1 Å². The molecule has 1 amide bonds. The number of carbonyl (C=O) groups is 1. The lowest BCUT2D eigenvalue weighted by Crippen LogP contribution is -2.47. The number of amides is 1. The van der Waals surface area contributed by atoms with Gasteiger partial charge in [0.1, 0.15) is 11.5 Å². The number of benzene rings is 1. The second-order valence-corrected chi connectivity index (χ2v) is 7.57. The SMILES string of the molecule is O=C(N[C@H]1CCCC[C@H]1OC1CCCC1)c1cnn(-c2ccccc2F)c1. The summed E-state index contributed by atoms with van der Waals surface area (Å²) in [6, 6.07) is 6.42. The molecule has 4 rings (SSSR count). The lowest BCUT2D eigenvalue weighted by molar-refractivity contribution is -0.0419. The van der Waals surface area contributed by atoms with Crippen LogP contribution in [-0.4, -0.2) is 33.9 Å². The van der Waals surface area contributed by atoms with Crippen LogP contribution in [0.4, 0.5) is 4.39 Å². The molecule has 1 heterocycles. The van der Waals surface area contributed by atoms with Gasteiger partial charge in [0.25, 0.3) is 5.91 Å². The second-order valence-electron chi connectivity index (χ2n) is 7.57. The Morgan fingerprint density at radius 3 is 2.67 bits per heavy atom. The molecule has 2 aromatic rings. The molecule has 0 spiro atoms. The zero-order valence-corrected chi connectivity index (χ0v) is 15.4. The minimum absolute atomic E-state index is 0.0312. The molecule has 6 heteroatoms. The van der Waals surface area contributed by atoms with Gasteiger partial charge in [-0.25, -0.2) is 9.07 Å². The van der Waals surface area contributed by atoms with Gasteiger partial charge in [-0.2, -0.15) is 5.10 Å². The van der Waals surface area contributed by atoms with Crippen molar-refractivity contribution in [3.8, 4) is 5.69 Å². The summed E-state index contributed by atoms with van der Waals surface area (Å²) in [7, 11) is 0. The van der Waals surface area contributed by atoms with Gasteiger partial charge < -0.3 is 10.1 Å². The maximum atomic E-state index is 13.9. The average molecular weight is 371 g/mol. The first-order chi connectivity index (χ1) is 13.2. The van der Waals surface area contributed by atoms with E-state index >= 15 is 0 Å². The van der Waals surface area contributed by atoms with Crippen molar-refractivity contribution in [2.75, 3.05) is 0 Å². The van der Waals surface area contributed by atoms with Gasteiger partial charge in [0, 0.05) is 6.20 Å². The Balaban J connectivity index is 1.42. The van der Waals surface area contributed by atoms with Gasteiger partial charge in [0.05, 0.1) is 30.0 Å². The first-order valence-corrected chi connectivity index (χ1v) is 9.96. The summed E-state index contributed by atoms with van der Waals surface area (Å²) in [4.78, 5) is 12.7. The Bertz CT molecular complexity index is 785. The standard InChI is InChI=1S/C21H26FN3O2/c22-17-9-3-5-11-19(17)25-14-15(13-23-25)21(26)24-18-10-4-6-12-20(18)27-16-7-1-2-8-16/h3,5,9,11,13-14,16,18,20H,1-2,4,6-8,10,12H2,(H,24,26)/t18-,20+/m0/s1. The van der Waals surface area contributed by atoms with E-state index in [0.717, 1.165) is 38.5 Å². The fourth-order valence-corrected chi connectivity index (χ4v) is 4.16. The number of halogens is 1. The Morgan fingerprint density at radius 1 is 1.11 bits per heavy atom. The molecule has 2 aliphatic rings. The predicted octanol–water partition coefficient (Wildman–Crippen LogP) is 4.01. The Hall–Kier alpha value is -2.21. The number of rotatable bonds is 5. The van der Waals surface area contributed by atoms with Crippen LogP contribution in [0, 0.1) is 5.82 Å². The van der Waals surface area contributed by atoms with E-state index in [0.29, 0.717) is 17.4 Å². The molecule has 0 aliphatic heterocycles. The van der Waals surface area contributed by atoms with Crippen LogP contribution in [-0.2, 0) is 4.74 Å². The zero-order valence-electron chi connectivity index (χ0n) is 15.4. The van der Waals surface area contributed by atoms with E-state index < -0.39 is 0 Å². The number of para-hydroxylation sites is 1. The number of nitrogens with one attached hydrogen (secondary N) is 1. The molecule has 2 atom stereocenters. The summed E-state index contributed by atoms with van der Waals surface area (Å²) >= 11 is 0. The lowest BCUT2D eigenvalue weighted by Gasteiger charge is -2.34. The van der Waals surface area contributed by atoms with Crippen LogP contribution < -0.4 is 5.32 Å². The van der Waals surface area contributed by atoms with Crippen LogP contribution in [0.25, 0.3) is 5.69 Å². The maximum Gasteiger partial charge on any atom is 0.254 e. The molecular formula is C21H26FN3O2. The number of hydrogen-bond donors (Lipinski definition) is 1. The van der Waals surface area contributed by atoms with E-state index in [1.54, 1.807) is 24.4 Å². The number of nitrogens with zero attached hydrogens (tertiary/aromatic N) is 2. The van der Waals surface area contributed by atoms with Gasteiger partial charge in [-0.1, -0.05) is 37.8 Å². The van der Waals surface area contributed by atoms with Crippen molar-refractivity contribution < 1.29 is 13.9 Å². The summed E-state index contributed by atoms with van der Waals surface area (Å²) in [5, 5.41) is 7.28. The van der Waals surface area contributed by atoms with E-state index in [-0.39, 0.29) is 23.9 Å².